The van der Waals surface area contributed by atoms with E-state index in [2.05, 4.69) is 42.9 Å². The van der Waals surface area contributed by atoms with Gasteiger partial charge >= 0.3 is 5.97 Å². The molecule has 5 rings (SSSR count). The number of ether oxygens (including phenoxy) is 1. The zero-order valence-electron chi connectivity index (χ0n) is 16.1. The number of nitrogens with one attached hydrogen (secondary N) is 1. The van der Waals surface area contributed by atoms with Gasteiger partial charge in [-0.2, -0.15) is 0 Å². The molecule has 3 saturated carbocycles. The maximum absolute atomic E-state index is 12.5. The van der Waals surface area contributed by atoms with Crippen molar-refractivity contribution in [1.82, 2.24) is 19.5 Å². The number of aliphatic hydroxyl groups excluding tert-OH is 2. The number of hydrogen-bond donors (Lipinski definition) is 3. The molecule has 156 valence electrons. The van der Waals surface area contributed by atoms with Crippen molar-refractivity contribution in [2.45, 2.75) is 50.9 Å². The Kier molecular flexibility index (Phi) is 4.70. The molecule has 0 spiro atoms. The summed E-state index contributed by atoms with van der Waals surface area (Å²) in [4.78, 5) is 26.0. The highest BCUT2D eigenvalue weighted by molar-refractivity contribution is 14.1. The largest absolute Gasteiger partial charge is 0.465 e. The molecule has 0 aliphatic heterocycles. The Balaban J connectivity index is 1.46. The van der Waals surface area contributed by atoms with E-state index in [4.69, 9.17) is 4.74 Å². The van der Waals surface area contributed by atoms with Crippen LogP contribution < -0.4 is 5.32 Å². The number of carbonyl (C=O) groups is 1. The smallest absolute Gasteiger partial charge is 0.315 e. The van der Waals surface area contributed by atoms with Crippen LogP contribution in [0.5, 0.6) is 0 Å². The predicted molar refractivity (Wildman–Crippen MR) is 112 cm³/mol. The molecule has 2 aromatic rings. The van der Waals surface area contributed by atoms with E-state index in [1.165, 1.54) is 12.8 Å². The fraction of sp³-hybridized carbons (Fsp3) is 0.684. The van der Waals surface area contributed by atoms with Crippen LogP contribution in [0.15, 0.2) is 6.33 Å². The number of anilines is 1. The quantitative estimate of drug-likeness (QED) is 0.289. The minimum Gasteiger partial charge on any atom is -0.465 e. The van der Waals surface area contributed by atoms with E-state index < -0.39 is 29.6 Å². The summed E-state index contributed by atoms with van der Waals surface area (Å²) in [6.07, 6.45) is 3.59. The highest BCUT2D eigenvalue weighted by Gasteiger charge is 2.76. The summed E-state index contributed by atoms with van der Waals surface area (Å²) in [6, 6.07) is -0.482. The molecule has 29 heavy (non-hydrogen) atoms. The van der Waals surface area contributed by atoms with Crippen LogP contribution in [0.25, 0.3) is 11.2 Å². The summed E-state index contributed by atoms with van der Waals surface area (Å²) in [5.74, 6) is 0.856. The van der Waals surface area contributed by atoms with Crippen molar-refractivity contribution < 1.29 is 19.7 Å². The zero-order valence-corrected chi connectivity index (χ0v) is 18.2. The second-order valence-electron chi connectivity index (χ2n) is 8.32. The number of rotatable bonds is 7. The number of carbonyl (C=O) groups excluding carboxylic acids is 1. The Morgan fingerprint density at radius 3 is 2.93 bits per heavy atom. The van der Waals surface area contributed by atoms with Crippen molar-refractivity contribution >= 4 is 45.5 Å². The van der Waals surface area contributed by atoms with E-state index in [0.717, 1.165) is 18.9 Å². The first-order chi connectivity index (χ1) is 14.0. The van der Waals surface area contributed by atoms with Crippen LogP contribution in [0.2, 0.25) is 0 Å². The fourth-order valence-corrected chi connectivity index (χ4v) is 5.28. The van der Waals surface area contributed by atoms with Crippen LogP contribution in [0.4, 0.5) is 5.82 Å². The number of fused-ring (bicyclic) bond motifs is 2. The SMILES string of the molecule is CCOC(=O)[C@@]12C[C@@H]1[C@@H](n1cnc3c(NCCC4CC4)nc(I)nc31)[C@H](O)[C@@H]2O. The zero-order chi connectivity index (χ0) is 20.3. The first-order valence-corrected chi connectivity index (χ1v) is 11.2. The lowest BCUT2D eigenvalue weighted by atomic mass is 9.99. The van der Waals surface area contributed by atoms with Crippen molar-refractivity contribution in [2.24, 2.45) is 17.3 Å². The Morgan fingerprint density at radius 1 is 1.41 bits per heavy atom. The van der Waals surface area contributed by atoms with Gasteiger partial charge in [-0.3, -0.25) is 4.79 Å². The minimum absolute atomic E-state index is 0.206. The molecule has 2 aromatic heterocycles. The number of hydrogen-bond acceptors (Lipinski definition) is 8. The third kappa shape index (κ3) is 3.02. The van der Waals surface area contributed by atoms with Gasteiger partial charge in [0.25, 0.3) is 0 Å². The van der Waals surface area contributed by atoms with E-state index in [1.54, 1.807) is 17.8 Å². The van der Waals surface area contributed by atoms with Gasteiger partial charge in [0.15, 0.2) is 20.8 Å². The lowest BCUT2D eigenvalue weighted by Gasteiger charge is -2.23. The van der Waals surface area contributed by atoms with Crippen LogP contribution in [-0.4, -0.2) is 61.1 Å². The maximum Gasteiger partial charge on any atom is 0.315 e. The topological polar surface area (TPSA) is 122 Å². The lowest BCUT2D eigenvalue weighted by molar-refractivity contribution is -0.156. The molecular weight excluding hydrogens is 489 g/mol. The summed E-state index contributed by atoms with van der Waals surface area (Å²) >= 11 is 2.07. The molecule has 3 fully saturated rings. The highest BCUT2D eigenvalue weighted by Crippen LogP contribution is 2.68. The standard InChI is InChI=1S/C19H24IN5O4/c1-2-29-17(28)19-7-10(19)12(13(26)14(19)27)25-8-22-11-15(21-6-5-9-3-4-9)23-18(20)24-16(11)25/h8-10,12-14,26-27H,2-7H2,1H3,(H,21,23,24)/t10-,12-,13+,14+,19+/m1/s1. The van der Waals surface area contributed by atoms with Crippen LogP contribution in [0.3, 0.4) is 0 Å². The van der Waals surface area contributed by atoms with Gasteiger partial charge in [-0.25, -0.2) is 15.0 Å². The molecule has 0 radical (unpaired) electrons. The second kappa shape index (κ2) is 7.02. The number of halogens is 1. The molecule has 3 N–H and O–H groups in total. The van der Waals surface area contributed by atoms with Crippen LogP contribution >= 0.6 is 22.6 Å². The number of nitrogens with zero attached hydrogens (tertiary/aromatic N) is 4. The van der Waals surface area contributed by atoms with Crippen molar-refractivity contribution in [3.63, 3.8) is 0 Å². The number of aromatic nitrogens is 4. The Labute approximate surface area is 181 Å². The Bertz CT molecular complexity index is 963. The third-order valence-electron chi connectivity index (χ3n) is 6.59. The second-order valence-corrected chi connectivity index (χ2v) is 9.29. The first-order valence-electron chi connectivity index (χ1n) is 10.1. The molecular formula is C19H24IN5O4. The average molecular weight is 513 g/mol. The summed E-state index contributed by atoms with van der Waals surface area (Å²) in [6.45, 7) is 2.82. The van der Waals surface area contributed by atoms with Gasteiger partial charge in [0.1, 0.15) is 11.5 Å². The van der Waals surface area contributed by atoms with E-state index in [9.17, 15) is 15.0 Å². The number of esters is 1. The summed E-state index contributed by atoms with van der Waals surface area (Å²) in [7, 11) is 0. The van der Waals surface area contributed by atoms with Crippen molar-refractivity contribution in [3.05, 3.63) is 10.2 Å². The highest BCUT2D eigenvalue weighted by atomic mass is 127. The number of imidazole rings is 1. The molecule has 0 saturated heterocycles. The van der Waals surface area contributed by atoms with Gasteiger partial charge in [-0.15, -0.1) is 0 Å². The number of aliphatic hydroxyl groups is 2. The Morgan fingerprint density at radius 2 is 2.21 bits per heavy atom. The lowest BCUT2D eigenvalue weighted by Crippen LogP contribution is -2.38. The molecule has 3 aliphatic carbocycles. The van der Waals surface area contributed by atoms with Gasteiger partial charge in [0.05, 0.1) is 25.1 Å². The van der Waals surface area contributed by atoms with Gasteiger partial charge < -0.3 is 24.8 Å². The van der Waals surface area contributed by atoms with Gasteiger partial charge in [0, 0.05) is 35.1 Å². The molecule has 10 heteroatoms. The minimum atomic E-state index is -1.16. The van der Waals surface area contributed by atoms with E-state index in [-0.39, 0.29) is 12.5 Å². The van der Waals surface area contributed by atoms with E-state index in [0.29, 0.717) is 27.2 Å². The summed E-state index contributed by atoms with van der Waals surface area (Å²) in [5.41, 5.74) is 0.209. The molecule has 9 nitrogen and oxygen atoms in total. The van der Waals surface area contributed by atoms with E-state index >= 15 is 0 Å². The molecule has 3 aliphatic rings. The third-order valence-corrected chi connectivity index (χ3v) is 7.07. The Hall–Kier alpha value is -1.53. The van der Waals surface area contributed by atoms with Crippen LogP contribution in [0.1, 0.15) is 38.6 Å². The first kappa shape index (κ1) is 19.4. The van der Waals surface area contributed by atoms with Gasteiger partial charge in [0.2, 0.25) is 0 Å². The molecule has 2 heterocycles. The van der Waals surface area contributed by atoms with E-state index in [1.807, 2.05) is 0 Å². The molecule has 0 bridgehead atoms. The predicted octanol–water partition coefficient (Wildman–Crippen LogP) is 1.49. The van der Waals surface area contributed by atoms with Crippen LogP contribution in [0, 0.1) is 21.1 Å². The summed E-state index contributed by atoms with van der Waals surface area (Å²) in [5, 5.41) is 24.8. The van der Waals surface area contributed by atoms with Crippen molar-refractivity contribution in [1.29, 1.82) is 0 Å². The molecule has 5 atom stereocenters. The maximum atomic E-state index is 12.5. The fourth-order valence-electron chi connectivity index (χ4n) is 4.81. The molecule has 0 amide bonds. The monoisotopic (exact) mass is 513 g/mol. The molecule has 0 aromatic carbocycles. The summed E-state index contributed by atoms with van der Waals surface area (Å²) < 4.78 is 7.54. The molecule has 0 unspecified atom stereocenters. The van der Waals surface area contributed by atoms with Crippen molar-refractivity contribution in [3.8, 4) is 0 Å². The van der Waals surface area contributed by atoms with Crippen molar-refractivity contribution in [2.75, 3.05) is 18.5 Å². The average Bonchev–Trinajstić information content (AvgIpc) is 3.58. The van der Waals surface area contributed by atoms with Crippen LogP contribution in [-0.2, 0) is 9.53 Å². The normalized spacial score (nSPS) is 33.0. The van der Waals surface area contributed by atoms with Gasteiger partial charge in [-0.05, 0) is 25.7 Å². The van der Waals surface area contributed by atoms with Gasteiger partial charge in [-0.1, -0.05) is 12.8 Å².